The van der Waals surface area contributed by atoms with E-state index < -0.39 is 0 Å². The van der Waals surface area contributed by atoms with Gasteiger partial charge in [-0.15, -0.1) is 0 Å². The van der Waals surface area contributed by atoms with Gasteiger partial charge in [-0.1, -0.05) is 37.3 Å². The molecule has 25 heavy (non-hydrogen) atoms. The number of hydrogen-bond donors (Lipinski definition) is 1. The van der Waals surface area contributed by atoms with E-state index in [1.165, 1.54) is 0 Å². The van der Waals surface area contributed by atoms with Crippen LogP contribution in [-0.2, 0) is 13.5 Å². The van der Waals surface area contributed by atoms with Crippen molar-refractivity contribution in [3.63, 3.8) is 0 Å². The van der Waals surface area contributed by atoms with Gasteiger partial charge < -0.3 is 9.73 Å². The average Bonchev–Trinajstić information content (AvgIpc) is 3.31. The lowest BCUT2D eigenvalue weighted by Gasteiger charge is -2.18. The van der Waals surface area contributed by atoms with Gasteiger partial charge in [-0.3, -0.25) is 4.68 Å². The second kappa shape index (κ2) is 6.39. The summed E-state index contributed by atoms with van der Waals surface area (Å²) < 4.78 is 7.44. The summed E-state index contributed by atoms with van der Waals surface area (Å²) in [5.41, 5.74) is 1.92. The fourth-order valence-corrected chi connectivity index (χ4v) is 2.89. The maximum atomic E-state index is 5.67. The summed E-state index contributed by atoms with van der Waals surface area (Å²) in [5.74, 6) is 2.38. The molecule has 0 saturated heterocycles. The first-order valence-electron chi connectivity index (χ1n) is 8.29. The van der Waals surface area contributed by atoms with Crippen molar-refractivity contribution < 1.29 is 4.42 Å². The Balaban J connectivity index is 1.82. The van der Waals surface area contributed by atoms with Gasteiger partial charge >= 0.3 is 0 Å². The Bertz CT molecular complexity index is 976. The van der Waals surface area contributed by atoms with Crippen molar-refractivity contribution in [2.24, 2.45) is 7.05 Å². The minimum absolute atomic E-state index is 0.140. The fraction of sp³-hybridized carbons (Fsp3) is 0.211. The maximum absolute atomic E-state index is 5.67. The van der Waals surface area contributed by atoms with Gasteiger partial charge in [0.25, 0.3) is 0 Å². The Hall–Kier alpha value is -3.15. The Labute approximate surface area is 145 Å². The van der Waals surface area contributed by atoms with Crippen molar-refractivity contribution in [3.05, 3.63) is 72.1 Å². The molecule has 0 unspecified atom stereocenters. The molecular weight excluding hydrogens is 314 g/mol. The van der Waals surface area contributed by atoms with Gasteiger partial charge in [0.2, 0.25) is 0 Å². The molecular formula is C19H19N5O. The van der Waals surface area contributed by atoms with Gasteiger partial charge in [0.05, 0.1) is 17.8 Å². The largest absolute Gasteiger partial charge is 0.467 e. The van der Waals surface area contributed by atoms with E-state index in [2.05, 4.69) is 27.5 Å². The Kier molecular flexibility index (Phi) is 3.93. The summed E-state index contributed by atoms with van der Waals surface area (Å²) in [6, 6.07) is 13.9. The number of furan rings is 1. The van der Waals surface area contributed by atoms with Gasteiger partial charge in [-0.05, 0) is 17.7 Å². The number of aryl methyl sites for hydroxylation is 2. The molecule has 1 aromatic carbocycles. The van der Waals surface area contributed by atoms with Crippen LogP contribution in [0.3, 0.4) is 0 Å². The molecule has 126 valence electrons. The van der Waals surface area contributed by atoms with Crippen molar-refractivity contribution >= 4 is 16.9 Å². The van der Waals surface area contributed by atoms with E-state index in [4.69, 9.17) is 9.40 Å². The number of anilines is 1. The predicted octanol–water partition coefficient (Wildman–Crippen LogP) is 3.72. The molecule has 0 amide bonds. The summed E-state index contributed by atoms with van der Waals surface area (Å²) >= 11 is 0. The number of rotatable bonds is 5. The number of hydrogen-bond acceptors (Lipinski definition) is 5. The molecule has 0 aliphatic heterocycles. The second-order valence-corrected chi connectivity index (χ2v) is 5.85. The molecule has 3 aromatic heterocycles. The molecule has 4 aromatic rings. The normalized spacial score (nSPS) is 12.4. The molecule has 0 aliphatic carbocycles. The molecule has 3 heterocycles. The molecule has 0 fully saturated rings. The minimum Gasteiger partial charge on any atom is -0.467 e. The third-order valence-electron chi connectivity index (χ3n) is 4.20. The second-order valence-electron chi connectivity index (χ2n) is 5.85. The van der Waals surface area contributed by atoms with Crippen LogP contribution >= 0.6 is 0 Å². The summed E-state index contributed by atoms with van der Waals surface area (Å²) in [6.45, 7) is 2.04. The lowest BCUT2D eigenvalue weighted by molar-refractivity contribution is 0.498. The number of fused-ring (bicyclic) bond motifs is 1. The third-order valence-corrected chi connectivity index (χ3v) is 4.20. The summed E-state index contributed by atoms with van der Waals surface area (Å²) in [7, 11) is 1.89. The summed E-state index contributed by atoms with van der Waals surface area (Å²) in [4.78, 5) is 9.27. The first-order chi connectivity index (χ1) is 12.3. The Morgan fingerprint density at radius 2 is 1.96 bits per heavy atom. The monoisotopic (exact) mass is 333 g/mol. The van der Waals surface area contributed by atoms with Crippen LogP contribution in [-0.4, -0.2) is 19.7 Å². The zero-order valence-corrected chi connectivity index (χ0v) is 14.2. The van der Waals surface area contributed by atoms with E-state index in [1.807, 2.05) is 44.3 Å². The summed E-state index contributed by atoms with van der Waals surface area (Å²) in [6.07, 6.45) is 4.23. The first-order valence-corrected chi connectivity index (χ1v) is 8.29. The molecule has 0 spiro atoms. The lowest BCUT2D eigenvalue weighted by atomic mass is 10.0. The van der Waals surface area contributed by atoms with E-state index in [1.54, 1.807) is 17.1 Å². The van der Waals surface area contributed by atoms with Gasteiger partial charge in [0, 0.05) is 13.5 Å². The van der Waals surface area contributed by atoms with Crippen molar-refractivity contribution in [3.8, 4) is 0 Å². The van der Waals surface area contributed by atoms with Gasteiger partial charge in [0.1, 0.15) is 23.4 Å². The number of benzene rings is 1. The zero-order chi connectivity index (χ0) is 17.2. The van der Waals surface area contributed by atoms with Crippen LogP contribution in [0.4, 0.5) is 5.82 Å². The van der Waals surface area contributed by atoms with Crippen molar-refractivity contribution in [1.82, 2.24) is 19.7 Å². The average molecular weight is 333 g/mol. The summed E-state index contributed by atoms with van der Waals surface area (Å²) in [5, 5.41) is 8.75. The van der Waals surface area contributed by atoms with Crippen LogP contribution in [0.1, 0.15) is 30.1 Å². The number of nitrogens with one attached hydrogen (secondary N) is 1. The van der Waals surface area contributed by atoms with Crippen molar-refractivity contribution in [2.75, 3.05) is 5.32 Å². The van der Waals surface area contributed by atoms with Gasteiger partial charge in [-0.25, -0.2) is 9.97 Å². The SMILES string of the molecule is CCc1nc(N[C@@H](c2ccccc2)c2ccco2)c2cnn(C)c2n1. The van der Waals surface area contributed by atoms with Crippen molar-refractivity contribution in [2.45, 2.75) is 19.4 Å². The maximum Gasteiger partial charge on any atom is 0.163 e. The van der Waals surface area contributed by atoms with Crippen LogP contribution in [0, 0.1) is 0 Å². The standard InChI is InChI=1S/C19H19N5O/c1-3-16-21-18(14-12-20-24(2)19(14)22-16)23-17(15-10-7-11-25-15)13-8-5-4-6-9-13/h4-12,17H,3H2,1-2H3,(H,21,22,23)/t17-/m0/s1. The zero-order valence-electron chi connectivity index (χ0n) is 14.2. The molecule has 6 nitrogen and oxygen atoms in total. The topological polar surface area (TPSA) is 68.8 Å². The number of aromatic nitrogens is 4. The van der Waals surface area contributed by atoms with Crippen LogP contribution in [0.25, 0.3) is 11.0 Å². The molecule has 0 radical (unpaired) electrons. The first kappa shape index (κ1) is 15.4. The van der Waals surface area contributed by atoms with Crippen LogP contribution in [0.15, 0.2) is 59.3 Å². The van der Waals surface area contributed by atoms with Crippen LogP contribution < -0.4 is 5.32 Å². The van der Waals surface area contributed by atoms with E-state index in [0.29, 0.717) is 0 Å². The van der Waals surface area contributed by atoms with Gasteiger partial charge in [0.15, 0.2) is 5.65 Å². The molecule has 0 bridgehead atoms. The van der Waals surface area contributed by atoms with Gasteiger partial charge in [-0.2, -0.15) is 5.10 Å². The fourth-order valence-electron chi connectivity index (χ4n) is 2.89. The highest BCUT2D eigenvalue weighted by Crippen LogP contribution is 2.29. The smallest absolute Gasteiger partial charge is 0.163 e. The van der Waals surface area contributed by atoms with E-state index in [9.17, 15) is 0 Å². The minimum atomic E-state index is -0.140. The molecule has 0 aliphatic rings. The van der Waals surface area contributed by atoms with E-state index >= 15 is 0 Å². The molecule has 4 rings (SSSR count). The molecule has 6 heteroatoms. The van der Waals surface area contributed by atoms with Crippen molar-refractivity contribution in [1.29, 1.82) is 0 Å². The molecule has 1 N–H and O–H groups in total. The van der Waals surface area contributed by atoms with Crippen LogP contribution in [0.2, 0.25) is 0 Å². The molecule has 0 saturated carbocycles. The highest BCUT2D eigenvalue weighted by atomic mass is 16.3. The lowest BCUT2D eigenvalue weighted by Crippen LogP contribution is -2.14. The highest BCUT2D eigenvalue weighted by molar-refractivity contribution is 5.86. The highest BCUT2D eigenvalue weighted by Gasteiger charge is 2.20. The van der Waals surface area contributed by atoms with E-state index in [0.717, 1.165) is 40.4 Å². The Morgan fingerprint density at radius 1 is 1.12 bits per heavy atom. The Morgan fingerprint density at radius 3 is 2.68 bits per heavy atom. The predicted molar refractivity (Wildman–Crippen MR) is 96.3 cm³/mol. The number of nitrogens with zero attached hydrogens (tertiary/aromatic N) is 4. The van der Waals surface area contributed by atoms with Crippen LogP contribution in [0.5, 0.6) is 0 Å². The molecule has 1 atom stereocenters. The third kappa shape index (κ3) is 2.87. The quantitative estimate of drug-likeness (QED) is 0.603. The van der Waals surface area contributed by atoms with E-state index in [-0.39, 0.29) is 6.04 Å².